The highest BCUT2D eigenvalue weighted by Gasteiger charge is 2.20. The maximum absolute atomic E-state index is 11.3. The fourth-order valence-electron chi connectivity index (χ4n) is 1.14. The molecule has 1 aliphatic rings. The molecule has 76 valence electrons. The summed E-state index contributed by atoms with van der Waals surface area (Å²) in [4.78, 5) is 15.3. The number of rotatable bonds is 5. The van der Waals surface area contributed by atoms with Crippen LogP contribution >= 0.6 is 11.3 Å². The Kier molecular flexibility index (Phi) is 3.10. The van der Waals surface area contributed by atoms with Crippen LogP contribution in [0.3, 0.4) is 0 Å². The quantitative estimate of drug-likeness (QED) is 0.770. The van der Waals surface area contributed by atoms with Gasteiger partial charge in [-0.25, -0.2) is 4.98 Å². The number of hydrogen-bond acceptors (Lipinski definition) is 4. The molecule has 1 aromatic rings. The van der Waals surface area contributed by atoms with Crippen molar-refractivity contribution in [3.05, 3.63) is 11.6 Å². The predicted molar refractivity (Wildman–Crippen MR) is 56.4 cm³/mol. The van der Waals surface area contributed by atoms with Crippen molar-refractivity contribution in [1.29, 1.82) is 0 Å². The van der Waals surface area contributed by atoms with Gasteiger partial charge in [-0.1, -0.05) is 0 Å². The average Bonchev–Trinajstić information content (AvgIpc) is 2.83. The number of nitrogens with one attached hydrogen (secondary N) is 2. The van der Waals surface area contributed by atoms with E-state index in [2.05, 4.69) is 15.6 Å². The smallest absolute Gasteiger partial charge is 0.227 e. The lowest BCUT2D eigenvalue weighted by Crippen LogP contribution is -2.23. The molecule has 0 aromatic carbocycles. The van der Waals surface area contributed by atoms with Crippen LogP contribution in [0.4, 0.5) is 5.13 Å². The molecule has 2 N–H and O–H groups in total. The van der Waals surface area contributed by atoms with Crippen LogP contribution in [-0.2, 0) is 4.79 Å². The van der Waals surface area contributed by atoms with E-state index in [1.807, 2.05) is 5.38 Å². The van der Waals surface area contributed by atoms with Crippen LogP contribution in [0.2, 0.25) is 0 Å². The Labute approximate surface area is 86.7 Å². The van der Waals surface area contributed by atoms with E-state index >= 15 is 0 Å². The van der Waals surface area contributed by atoms with Crippen molar-refractivity contribution in [3.8, 4) is 0 Å². The molecule has 0 unspecified atom stereocenters. The maximum Gasteiger partial charge on any atom is 0.227 e. The normalized spacial score (nSPS) is 15.4. The first kappa shape index (κ1) is 9.61. The summed E-state index contributed by atoms with van der Waals surface area (Å²) in [5.74, 6) is 0.0353. The van der Waals surface area contributed by atoms with Gasteiger partial charge in [0.2, 0.25) is 5.91 Å². The van der Waals surface area contributed by atoms with Crippen molar-refractivity contribution >= 4 is 22.4 Å². The van der Waals surface area contributed by atoms with Crippen molar-refractivity contribution in [2.24, 2.45) is 0 Å². The third kappa shape index (κ3) is 3.08. The van der Waals surface area contributed by atoms with E-state index in [1.165, 1.54) is 24.2 Å². The van der Waals surface area contributed by atoms with Crippen LogP contribution in [0, 0.1) is 0 Å². The summed E-state index contributed by atoms with van der Waals surface area (Å²) >= 11 is 1.44. The molecule has 0 bridgehead atoms. The van der Waals surface area contributed by atoms with Gasteiger partial charge in [-0.2, -0.15) is 0 Å². The molecule has 1 saturated carbocycles. The molecule has 1 heterocycles. The van der Waals surface area contributed by atoms with Gasteiger partial charge >= 0.3 is 0 Å². The minimum atomic E-state index is 0.0353. The number of hydrogen-bond donors (Lipinski definition) is 2. The number of carbonyl (C=O) groups is 1. The summed E-state index contributed by atoms with van der Waals surface area (Å²) < 4.78 is 0. The van der Waals surface area contributed by atoms with Crippen molar-refractivity contribution in [2.75, 3.05) is 11.9 Å². The minimum absolute atomic E-state index is 0.0353. The first-order valence-electron chi connectivity index (χ1n) is 4.77. The number of carbonyl (C=O) groups excluding carboxylic acids is 1. The Balaban J connectivity index is 1.62. The molecule has 1 aromatic heterocycles. The Hall–Kier alpha value is -0.940. The van der Waals surface area contributed by atoms with E-state index in [1.54, 1.807) is 6.20 Å². The molecule has 1 amide bonds. The van der Waals surface area contributed by atoms with Crippen LogP contribution < -0.4 is 10.6 Å². The molecule has 1 fully saturated rings. The Morgan fingerprint density at radius 3 is 3.14 bits per heavy atom. The van der Waals surface area contributed by atoms with Crippen molar-refractivity contribution < 1.29 is 4.79 Å². The molecule has 0 spiro atoms. The second-order valence-electron chi connectivity index (χ2n) is 3.36. The average molecular weight is 211 g/mol. The standard InChI is InChI=1S/C9H13N3OS/c13-8(3-4-10-7-1-2-7)12-9-11-5-6-14-9/h5-7,10H,1-4H2,(H,11,12,13). The highest BCUT2D eigenvalue weighted by molar-refractivity contribution is 7.13. The highest BCUT2D eigenvalue weighted by Crippen LogP contribution is 2.18. The number of thiazole rings is 1. The molecule has 0 saturated heterocycles. The van der Waals surface area contributed by atoms with E-state index < -0.39 is 0 Å². The molecule has 1 aliphatic carbocycles. The summed E-state index contributed by atoms with van der Waals surface area (Å²) in [5.41, 5.74) is 0. The lowest BCUT2D eigenvalue weighted by molar-refractivity contribution is -0.116. The Morgan fingerprint density at radius 1 is 1.64 bits per heavy atom. The van der Waals surface area contributed by atoms with E-state index in [4.69, 9.17) is 0 Å². The van der Waals surface area contributed by atoms with E-state index in [0.29, 0.717) is 17.6 Å². The van der Waals surface area contributed by atoms with Gasteiger partial charge in [0.25, 0.3) is 0 Å². The number of nitrogens with zero attached hydrogens (tertiary/aromatic N) is 1. The van der Waals surface area contributed by atoms with Gasteiger partial charge in [0.05, 0.1) is 0 Å². The van der Waals surface area contributed by atoms with Crippen LogP contribution in [0.25, 0.3) is 0 Å². The minimum Gasteiger partial charge on any atom is -0.313 e. The zero-order chi connectivity index (χ0) is 9.80. The van der Waals surface area contributed by atoms with Crippen LogP contribution in [0.15, 0.2) is 11.6 Å². The van der Waals surface area contributed by atoms with Gasteiger partial charge in [0.1, 0.15) is 0 Å². The van der Waals surface area contributed by atoms with Gasteiger partial charge in [0, 0.05) is 30.6 Å². The molecule has 4 nitrogen and oxygen atoms in total. The first-order valence-corrected chi connectivity index (χ1v) is 5.65. The summed E-state index contributed by atoms with van der Waals surface area (Å²) in [6.07, 6.45) is 4.72. The fourth-order valence-corrected chi connectivity index (χ4v) is 1.69. The lowest BCUT2D eigenvalue weighted by atomic mass is 10.4. The third-order valence-electron chi connectivity index (χ3n) is 2.04. The van der Waals surface area contributed by atoms with Crippen molar-refractivity contribution in [1.82, 2.24) is 10.3 Å². The monoisotopic (exact) mass is 211 g/mol. The molecule has 0 radical (unpaired) electrons. The van der Waals surface area contributed by atoms with Gasteiger partial charge in [-0.05, 0) is 12.8 Å². The van der Waals surface area contributed by atoms with Crippen LogP contribution in [0.1, 0.15) is 19.3 Å². The summed E-state index contributed by atoms with van der Waals surface area (Å²) in [5, 5.41) is 8.56. The van der Waals surface area contributed by atoms with Gasteiger partial charge in [0.15, 0.2) is 5.13 Å². The second-order valence-corrected chi connectivity index (χ2v) is 4.26. The van der Waals surface area contributed by atoms with Gasteiger partial charge in [-0.15, -0.1) is 11.3 Å². The third-order valence-corrected chi connectivity index (χ3v) is 2.73. The van der Waals surface area contributed by atoms with E-state index in [0.717, 1.165) is 6.54 Å². The highest BCUT2D eigenvalue weighted by atomic mass is 32.1. The molecular weight excluding hydrogens is 198 g/mol. The van der Waals surface area contributed by atoms with Crippen LogP contribution in [-0.4, -0.2) is 23.5 Å². The number of amides is 1. The summed E-state index contributed by atoms with van der Waals surface area (Å²) in [6, 6.07) is 0.669. The zero-order valence-electron chi connectivity index (χ0n) is 7.82. The van der Waals surface area contributed by atoms with Crippen molar-refractivity contribution in [3.63, 3.8) is 0 Å². The molecular formula is C9H13N3OS. The summed E-state index contributed by atoms with van der Waals surface area (Å²) in [7, 11) is 0. The number of anilines is 1. The predicted octanol–water partition coefficient (Wildman–Crippen LogP) is 1.22. The zero-order valence-corrected chi connectivity index (χ0v) is 8.64. The second kappa shape index (κ2) is 4.52. The van der Waals surface area contributed by atoms with E-state index in [9.17, 15) is 4.79 Å². The van der Waals surface area contributed by atoms with Gasteiger partial charge in [-0.3, -0.25) is 4.79 Å². The first-order chi connectivity index (χ1) is 6.84. The molecule has 0 aliphatic heterocycles. The fraction of sp³-hybridized carbons (Fsp3) is 0.556. The molecule has 2 rings (SSSR count). The van der Waals surface area contributed by atoms with Crippen molar-refractivity contribution in [2.45, 2.75) is 25.3 Å². The Bertz CT molecular complexity index is 295. The summed E-state index contributed by atoms with van der Waals surface area (Å²) in [6.45, 7) is 0.766. The molecule has 14 heavy (non-hydrogen) atoms. The Morgan fingerprint density at radius 2 is 2.50 bits per heavy atom. The molecule has 0 atom stereocenters. The number of aromatic nitrogens is 1. The topological polar surface area (TPSA) is 54.0 Å². The maximum atomic E-state index is 11.3. The molecule has 5 heteroatoms. The lowest BCUT2D eigenvalue weighted by Gasteiger charge is -2.02. The largest absolute Gasteiger partial charge is 0.313 e. The van der Waals surface area contributed by atoms with Crippen LogP contribution in [0.5, 0.6) is 0 Å². The van der Waals surface area contributed by atoms with E-state index in [-0.39, 0.29) is 5.91 Å². The SMILES string of the molecule is O=C(CCNC1CC1)Nc1nccs1. The van der Waals surface area contributed by atoms with Gasteiger partial charge < -0.3 is 10.6 Å².